The number of carbonyl (C=O) groups excluding carboxylic acids is 2. The molecule has 0 unspecified atom stereocenters. The number of nitrogens with zero attached hydrogens (tertiary/aromatic N) is 2. The molecule has 1 aromatic rings. The predicted molar refractivity (Wildman–Crippen MR) is 73.0 cm³/mol. The van der Waals surface area contributed by atoms with Crippen molar-refractivity contribution in [3.63, 3.8) is 0 Å². The van der Waals surface area contributed by atoms with Gasteiger partial charge in [0, 0.05) is 31.4 Å². The third-order valence-electron chi connectivity index (χ3n) is 3.69. The predicted octanol–water partition coefficient (Wildman–Crippen LogP) is 1.63. The number of halogens is 3. The summed E-state index contributed by atoms with van der Waals surface area (Å²) in [4.78, 5) is 32.6. The second-order valence-electron chi connectivity index (χ2n) is 5.12. The van der Waals surface area contributed by atoms with Crippen molar-refractivity contribution in [3.8, 4) is 0 Å². The van der Waals surface area contributed by atoms with Crippen molar-refractivity contribution in [1.29, 1.82) is 0 Å². The second kappa shape index (κ2) is 7.05. The van der Waals surface area contributed by atoms with Crippen LogP contribution in [0, 0.1) is 5.92 Å². The molecule has 0 aliphatic carbocycles. The van der Waals surface area contributed by atoms with Gasteiger partial charge < -0.3 is 4.84 Å². The Balaban J connectivity index is 2.04. The molecule has 2 rings (SSSR count). The number of carbonyl (C=O) groups is 2. The molecule has 2 heterocycles. The minimum absolute atomic E-state index is 0.434. The number of imide groups is 1. The van der Waals surface area contributed by atoms with Crippen molar-refractivity contribution >= 4 is 11.8 Å². The zero-order valence-electron chi connectivity index (χ0n) is 12.4. The van der Waals surface area contributed by atoms with Gasteiger partial charge in [-0.2, -0.15) is 18.2 Å². The van der Waals surface area contributed by atoms with Gasteiger partial charge in [0.15, 0.2) is 0 Å². The molecule has 1 aliphatic heterocycles. The van der Waals surface area contributed by atoms with Crippen LogP contribution >= 0.6 is 0 Å². The first-order valence-corrected chi connectivity index (χ1v) is 6.98. The smallest absolute Gasteiger partial charge is 0.302 e. The van der Waals surface area contributed by atoms with Crippen LogP contribution in [-0.4, -0.2) is 42.1 Å². The van der Waals surface area contributed by atoms with Gasteiger partial charge in [0.25, 0.3) is 5.91 Å². The van der Waals surface area contributed by atoms with Gasteiger partial charge in [0.2, 0.25) is 5.91 Å². The molecule has 23 heavy (non-hydrogen) atoms. The van der Waals surface area contributed by atoms with Crippen LogP contribution in [-0.2, 0) is 15.8 Å². The molecule has 0 saturated carbocycles. The molecular formula is C14H16F3N3O3. The molecule has 1 saturated heterocycles. The third kappa shape index (κ3) is 4.26. The van der Waals surface area contributed by atoms with E-state index in [1.54, 1.807) is 5.06 Å². The maximum Gasteiger partial charge on any atom is 0.417 e. The quantitative estimate of drug-likeness (QED) is 0.853. The Morgan fingerprint density at radius 2 is 2.00 bits per heavy atom. The fourth-order valence-electron chi connectivity index (χ4n) is 2.40. The van der Waals surface area contributed by atoms with Gasteiger partial charge in [-0.05, 0) is 18.9 Å². The Morgan fingerprint density at radius 3 is 2.57 bits per heavy atom. The van der Waals surface area contributed by atoms with Crippen LogP contribution in [0.4, 0.5) is 13.2 Å². The van der Waals surface area contributed by atoms with Gasteiger partial charge in [-0.15, -0.1) is 0 Å². The van der Waals surface area contributed by atoms with Crippen molar-refractivity contribution in [2.75, 3.05) is 20.2 Å². The van der Waals surface area contributed by atoms with E-state index in [9.17, 15) is 22.8 Å². The van der Waals surface area contributed by atoms with Crippen molar-refractivity contribution in [3.05, 3.63) is 29.6 Å². The van der Waals surface area contributed by atoms with Crippen molar-refractivity contribution in [2.45, 2.75) is 19.0 Å². The van der Waals surface area contributed by atoms with E-state index in [0.717, 1.165) is 12.4 Å². The molecule has 2 amide bonds. The van der Waals surface area contributed by atoms with Crippen molar-refractivity contribution in [2.24, 2.45) is 5.92 Å². The standard InChI is InChI=1S/C14H16F3N3O3/c1-23-20-6-3-9(4-7-20)12(21)19-13(22)10-8-18-5-2-11(10)14(15,16)17/h2,5,8-9H,3-4,6-7H2,1H3,(H,19,21,22). The lowest BCUT2D eigenvalue weighted by Gasteiger charge is -2.29. The van der Waals surface area contributed by atoms with Crippen LogP contribution in [0.3, 0.4) is 0 Å². The summed E-state index contributed by atoms with van der Waals surface area (Å²) in [6, 6.07) is 0.705. The molecule has 126 valence electrons. The molecule has 0 bridgehead atoms. The van der Waals surface area contributed by atoms with E-state index >= 15 is 0 Å². The highest BCUT2D eigenvalue weighted by Crippen LogP contribution is 2.31. The number of piperidine rings is 1. The molecule has 0 atom stereocenters. The van der Waals surface area contributed by atoms with E-state index in [1.807, 2.05) is 5.32 Å². The monoisotopic (exact) mass is 331 g/mol. The number of hydrogen-bond donors (Lipinski definition) is 1. The Hall–Kier alpha value is -2.00. The summed E-state index contributed by atoms with van der Waals surface area (Å²) in [5.41, 5.74) is -1.78. The molecule has 1 fully saturated rings. The largest absolute Gasteiger partial charge is 0.417 e. The molecule has 0 spiro atoms. The van der Waals surface area contributed by atoms with Gasteiger partial charge in [0.1, 0.15) is 0 Å². The Kier molecular flexibility index (Phi) is 5.32. The third-order valence-corrected chi connectivity index (χ3v) is 3.69. The number of hydrogen-bond acceptors (Lipinski definition) is 5. The van der Waals surface area contributed by atoms with E-state index in [4.69, 9.17) is 4.84 Å². The zero-order chi connectivity index (χ0) is 17.0. The topological polar surface area (TPSA) is 71.5 Å². The summed E-state index contributed by atoms with van der Waals surface area (Å²) >= 11 is 0. The molecule has 6 nitrogen and oxygen atoms in total. The summed E-state index contributed by atoms with van der Waals surface area (Å²) in [7, 11) is 1.52. The Labute approximate surface area is 130 Å². The lowest BCUT2D eigenvalue weighted by Crippen LogP contribution is -2.42. The molecule has 0 aromatic carbocycles. The molecule has 1 aliphatic rings. The van der Waals surface area contributed by atoms with Crippen LogP contribution in [0.15, 0.2) is 18.5 Å². The zero-order valence-corrected chi connectivity index (χ0v) is 12.4. The highest BCUT2D eigenvalue weighted by Gasteiger charge is 2.36. The lowest BCUT2D eigenvalue weighted by atomic mass is 9.97. The van der Waals surface area contributed by atoms with Gasteiger partial charge in [-0.25, -0.2) is 0 Å². The highest BCUT2D eigenvalue weighted by atomic mass is 19.4. The van der Waals surface area contributed by atoms with Crippen LogP contribution in [0.1, 0.15) is 28.8 Å². The maximum atomic E-state index is 12.9. The van der Waals surface area contributed by atoms with Crippen LogP contribution < -0.4 is 5.32 Å². The van der Waals surface area contributed by atoms with E-state index in [-0.39, 0.29) is 0 Å². The number of alkyl halides is 3. The van der Waals surface area contributed by atoms with Gasteiger partial charge in [-0.1, -0.05) is 0 Å². The van der Waals surface area contributed by atoms with E-state index in [0.29, 0.717) is 32.0 Å². The first-order valence-electron chi connectivity index (χ1n) is 6.98. The van der Waals surface area contributed by atoms with E-state index in [1.165, 1.54) is 7.11 Å². The average Bonchev–Trinajstić information content (AvgIpc) is 2.54. The number of aromatic nitrogens is 1. The number of hydroxylamine groups is 2. The van der Waals surface area contributed by atoms with Crippen LogP contribution in [0.5, 0.6) is 0 Å². The number of rotatable bonds is 3. The normalized spacial score (nSPS) is 17.0. The van der Waals surface area contributed by atoms with E-state index in [2.05, 4.69) is 4.98 Å². The van der Waals surface area contributed by atoms with Crippen LogP contribution in [0.2, 0.25) is 0 Å². The van der Waals surface area contributed by atoms with Crippen LogP contribution in [0.25, 0.3) is 0 Å². The summed E-state index contributed by atoms with van der Waals surface area (Å²) in [5.74, 6) is -2.11. The molecular weight excluding hydrogens is 315 g/mol. The summed E-state index contributed by atoms with van der Waals surface area (Å²) < 4.78 is 38.6. The van der Waals surface area contributed by atoms with Gasteiger partial charge in [0.05, 0.1) is 18.2 Å². The molecule has 9 heteroatoms. The first kappa shape index (κ1) is 17.4. The summed E-state index contributed by atoms with van der Waals surface area (Å²) in [6.07, 6.45) is -2.01. The summed E-state index contributed by atoms with van der Waals surface area (Å²) in [6.45, 7) is 1.03. The minimum Gasteiger partial charge on any atom is -0.302 e. The Bertz CT molecular complexity index is 584. The first-order chi connectivity index (χ1) is 10.8. The fourth-order valence-corrected chi connectivity index (χ4v) is 2.40. The lowest BCUT2D eigenvalue weighted by molar-refractivity contribution is -0.153. The SMILES string of the molecule is CON1CCC(C(=O)NC(=O)c2cnccc2C(F)(F)F)CC1. The van der Waals surface area contributed by atoms with Gasteiger partial charge in [-0.3, -0.25) is 19.9 Å². The molecule has 1 aromatic heterocycles. The fraction of sp³-hybridized carbons (Fsp3) is 0.500. The minimum atomic E-state index is -4.69. The Morgan fingerprint density at radius 1 is 1.35 bits per heavy atom. The number of nitrogens with one attached hydrogen (secondary N) is 1. The summed E-state index contributed by atoms with van der Waals surface area (Å²) in [5, 5.41) is 3.71. The van der Waals surface area contributed by atoms with E-state index < -0.39 is 35.0 Å². The second-order valence-corrected chi connectivity index (χ2v) is 5.12. The maximum absolute atomic E-state index is 12.9. The highest BCUT2D eigenvalue weighted by molar-refractivity contribution is 6.06. The average molecular weight is 331 g/mol. The molecule has 0 radical (unpaired) electrons. The van der Waals surface area contributed by atoms with Crippen molar-refractivity contribution in [1.82, 2.24) is 15.4 Å². The number of pyridine rings is 1. The van der Waals surface area contributed by atoms with Gasteiger partial charge >= 0.3 is 6.18 Å². The molecule has 1 N–H and O–H groups in total. The van der Waals surface area contributed by atoms with Crippen molar-refractivity contribution < 1.29 is 27.6 Å². The number of amides is 2.